The van der Waals surface area contributed by atoms with Crippen molar-refractivity contribution in [3.63, 3.8) is 0 Å². The molecule has 0 bridgehead atoms. The number of rotatable bonds is 2. The first-order chi connectivity index (χ1) is 8.65. The molecule has 1 aromatic heterocycles. The second-order valence-corrected chi connectivity index (χ2v) is 4.34. The fourth-order valence-corrected chi connectivity index (χ4v) is 2.26. The summed E-state index contributed by atoms with van der Waals surface area (Å²) in [5.41, 5.74) is 7.57. The van der Waals surface area contributed by atoms with Gasteiger partial charge in [-0.1, -0.05) is 18.2 Å². The molecule has 4 N–H and O–H groups in total. The van der Waals surface area contributed by atoms with Gasteiger partial charge in [0.2, 0.25) is 5.91 Å². The number of para-hydroxylation sites is 1. The molecule has 1 amide bonds. The van der Waals surface area contributed by atoms with E-state index in [4.69, 9.17) is 5.73 Å². The van der Waals surface area contributed by atoms with Gasteiger partial charge in [-0.05, 0) is 12.1 Å². The Morgan fingerprint density at radius 2 is 1.94 bits per heavy atom. The number of nitrogens with one attached hydrogen (secondary N) is 1. The molecule has 3 rings (SSSR count). The lowest BCUT2D eigenvalue weighted by atomic mass is 10.1. The number of phenols is 1. The van der Waals surface area contributed by atoms with Crippen LogP contribution in [0.2, 0.25) is 0 Å². The monoisotopic (exact) mass is 240 g/mol. The average molecular weight is 240 g/mol. The normalized spacial score (nSPS) is 11.1. The first-order valence-electron chi connectivity index (χ1n) is 5.66. The van der Waals surface area contributed by atoms with Crippen molar-refractivity contribution in [2.45, 2.75) is 6.42 Å². The largest absolute Gasteiger partial charge is 0.508 e. The quantitative estimate of drug-likeness (QED) is 0.641. The summed E-state index contributed by atoms with van der Waals surface area (Å²) in [4.78, 5) is 14.2. The summed E-state index contributed by atoms with van der Waals surface area (Å²) >= 11 is 0. The Kier molecular flexibility index (Phi) is 2.23. The predicted molar refractivity (Wildman–Crippen MR) is 70.4 cm³/mol. The van der Waals surface area contributed by atoms with Gasteiger partial charge in [0, 0.05) is 27.9 Å². The van der Waals surface area contributed by atoms with E-state index in [-0.39, 0.29) is 12.2 Å². The van der Waals surface area contributed by atoms with Gasteiger partial charge in [-0.15, -0.1) is 0 Å². The van der Waals surface area contributed by atoms with Crippen molar-refractivity contribution in [3.8, 4) is 5.75 Å². The second kappa shape index (κ2) is 3.77. The summed E-state index contributed by atoms with van der Waals surface area (Å²) in [6.07, 6.45) is 0.0429. The molecule has 4 heteroatoms. The Morgan fingerprint density at radius 1 is 1.17 bits per heavy atom. The minimum atomic E-state index is -0.454. The van der Waals surface area contributed by atoms with Crippen molar-refractivity contribution < 1.29 is 9.90 Å². The summed E-state index contributed by atoms with van der Waals surface area (Å²) in [5, 5.41) is 11.9. The molecule has 0 aliphatic heterocycles. The molecule has 0 saturated carbocycles. The van der Waals surface area contributed by atoms with E-state index in [2.05, 4.69) is 4.98 Å². The second-order valence-electron chi connectivity index (χ2n) is 4.34. The highest BCUT2D eigenvalue weighted by atomic mass is 16.3. The highest BCUT2D eigenvalue weighted by Crippen LogP contribution is 2.30. The number of fused-ring (bicyclic) bond motifs is 3. The summed E-state index contributed by atoms with van der Waals surface area (Å²) in [5.74, 6) is -0.364. The van der Waals surface area contributed by atoms with Gasteiger partial charge < -0.3 is 15.8 Å². The van der Waals surface area contributed by atoms with Crippen LogP contribution in [0.15, 0.2) is 36.4 Å². The number of hydrogen-bond donors (Lipinski definition) is 3. The Labute approximate surface area is 103 Å². The third kappa shape index (κ3) is 1.59. The maximum Gasteiger partial charge on any atom is 0.221 e. The molecule has 0 atom stereocenters. The fourth-order valence-electron chi connectivity index (χ4n) is 2.26. The zero-order valence-corrected chi connectivity index (χ0v) is 9.60. The maximum absolute atomic E-state index is 11.0. The summed E-state index contributed by atoms with van der Waals surface area (Å²) in [7, 11) is 0. The van der Waals surface area contributed by atoms with Gasteiger partial charge in [0.1, 0.15) is 5.75 Å². The molecule has 0 spiro atoms. The predicted octanol–water partition coefficient (Wildman–Crippen LogP) is 2.05. The van der Waals surface area contributed by atoms with E-state index in [0.717, 1.165) is 21.8 Å². The highest BCUT2D eigenvalue weighted by molar-refractivity contribution is 6.08. The van der Waals surface area contributed by atoms with E-state index >= 15 is 0 Å². The van der Waals surface area contributed by atoms with Gasteiger partial charge in [-0.3, -0.25) is 4.79 Å². The molecular formula is C14H12N2O2. The maximum atomic E-state index is 11.0. The number of hydrogen-bond acceptors (Lipinski definition) is 2. The molecule has 0 aliphatic carbocycles. The van der Waals surface area contributed by atoms with Crippen LogP contribution in [0.1, 0.15) is 5.56 Å². The van der Waals surface area contributed by atoms with Crippen molar-refractivity contribution in [1.29, 1.82) is 0 Å². The topological polar surface area (TPSA) is 79.1 Å². The van der Waals surface area contributed by atoms with Crippen molar-refractivity contribution in [2.75, 3.05) is 0 Å². The summed E-state index contributed by atoms with van der Waals surface area (Å²) < 4.78 is 0. The van der Waals surface area contributed by atoms with Gasteiger partial charge in [-0.2, -0.15) is 0 Å². The number of phenolic OH excluding ortho intramolecular Hbond substituents is 1. The average Bonchev–Trinajstić information content (AvgIpc) is 2.66. The number of nitrogens with two attached hydrogens (primary N) is 1. The van der Waals surface area contributed by atoms with Crippen LogP contribution in [0.3, 0.4) is 0 Å². The smallest absolute Gasteiger partial charge is 0.221 e. The Hall–Kier alpha value is -2.49. The van der Waals surface area contributed by atoms with E-state index in [9.17, 15) is 9.90 Å². The van der Waals surface area contributed by atoms with Crippen LogP contribution in [0, 0.1) is 0 Å². The standard InChI is InChI=1S/C14H12N2O2/c15-14(18)6-8-5-10-9-3-1-2-4-11(9)16-12(10)7-13(8)17/h1-5,7,16-17H,6H2,(H2,15,18). The first-order valence-corrected chi connectivity index (χ1v) is 5.66. The first kappa shape index (κ1) is 10.7. The van der Waals surface area contributed by atoms with E-state index in [1.807, 2.05) is 30.3 Å². The van der Waals surface area contributed by atoms with Crippen LogP contribution in [-0.2, 0) is 11.2 Å². The number of aromatic hydroxyl groups is 1. The molecule has 0 fully saturated rings. The molecule has 3 aromatic rings. The van der Waals surface area contributed by atoms with Crippen LogP contribution in [-0.4, -0.2) is 16.0 Å². The Morgan fingerprint density at radius 3 is 2.72 bits per heavy atom. The van der Waals surface area contributed by atoms with Crippen molar-refractivity contribution in [2.24, 2.45) is 5.73 Å². The van der Waals surface area contributed by atoms with Gasteiger partial charge in [-0.25, -0.2) is 0 Å². The van der Waals surface area contributed by atoms with Gasteiger partial charge >= 0.3 is 0 Å². The van der Waals surface area contributed by atoms with E-state index in [1.165, 1.54) is 0 Å². The number of H-pyrrole nitrogens is 1. The fraction of sp³-hybridized carbons (Fsp3) is 0.0714. The van der Waals surface area contributed by atoms with Crippen LogP contribution in [0.25, 0.3) is 21.8 Å². The minimum Gasteiger partial charge on any atom is -0.508 e. The zero-order chi connectivity index (χ0) is 12.7. The molecule has 1 heterocycles. The number of aromatic nitrogens is 1. The van der Waals surface area contributed by atoms with Crippen molar-refractivity contribution in [3.05, 3.63) is 42.0 Å². The number of benzene rings is 2. The number of carbonyl (C=O) groups is 1. The van der Waals surface area contributed by atoms with Crippen LogP contribution in [0.5, 0.6) is 5.75 Å². The van der Waals surface area contributed by atoms with Gasteiger partial charge in [0.15, 0.2) is 0 Å². The molecule has 0 unspecified atom stereocenters. The molecule has 0 aliphatic rings. The molecule has 2 aromatic carbocycles. The third-order valence-corrected chi connectivity index (χ3v) is 3.07. The van der Waals surface area contributed by atoms with E-state index < -0.39 is 5.91 Å². The van der Waals surface area contributed by atoms with E-state index in [1.54, 1.807) is 6.07 Å². The van der Waals surface area contributed by atoms with Crippen molar-refractivity contribution >= 4 is 27.7 Å². The minimum absolute atomic E-state index is 0.0429. The number of aromatic amines is 1. The lowest BCUT2D eigenvalue weighted by Crippen LogP contribution is -2.13. The number of carbonyl (C=O) groups excluding carboxylic acids is 1. The van der Waals surface area contributed by atoms with Gasteiger partial charge in [0.05, 0.1) is 11.9 Å². The van der Waals surface area contributed by atoms with E-state index in [0.29, 0.717) is 5.56 Å². The third-order valence-electron chi connectivity index (χ3n) is 3.07. The lowest BCUT2D eigenvalue weighted by molar-refractivity contribution is -0.117. The molecule has 90 valence electrons. The highest BCUT2D eigenvalue weighted by Gasteiger charge is 2.10. The molecule has 4 nitrogen and oxygen atoms in total. The van der Waals surface area contributed by atoms with Crippen LogP contribution < -0.4 is 5.73 Å². The number of amides is 1. The summed E-state index contributed by atoms with van der Waals surface area (Å²) in [6.45, 7) is 0. The molecular weight excluding hydrogens is 228 g/mol. The zero-order valence-electron chi connectivity index (χ0n) is 9.60. The Balaban J connectivity index is 2.31. The number of primary amides is 1. The molecule has 0 radical (unpaired) electrons. The van der Waals surface area contributed by atoms with Crippen LogP contribution >= 0.6 is 0 Å². The molecule has 18 heavy (non-hydrogen) atoms. The molecule has 0 saturated heterocycles. The van der Waals surface area contributed by atoms with Crippen molar-refractivity contribution in [1.82, 2.24) is 4.98 Å². The van der Waals surface area contributed by atoms with Gasteiger partial charge in [0.25, 0.3) is 0 Å². The Bertz CT molecular complexity index is 759. The summed E-state index contributed by atoms with van der Waals surface area (Å²) in [6, 6.07) is 11.3. The van der Waals surface area contributed by atoms with Crippen LogP contribution in [0.4, 0.5) is 0 Å². The lowest BCUT2D eigenvalue weighted by Gasteiger charge is -2.02. The SMILES string of the molecule is NC(=O)Cc1cc2c(cc1O)[nH]c1ccccc12.